The molecule has 0 radical (unpaired) electrons. The fourth-order valence-corrected chi connectivity index (χ4v) is 5.48. The third kappa shape index (κ3) is 6.28. The van der Waals surface area contributed by atoms with Crippen molar-refractivity contribution in [1.82, 2.24) is 15.3 Å². The van der Waals surface area contributed by atoms with Crippen LogP contribution in [0.25, 0.3) is 11.3 Å². The molecule has 206 valence electrons. The van der Waals surface area contributed by atoms with Gasteiger partial charge in [-0.05, 0) is 56.0 Å². The third-order valence-electron chi connectivity index (χ3n) is 7.46. The lowest BCUT2D eigenvalue weighted by Crippen LogP contribution is -2.54. The molecule has 3 aromatic rings. The number of piperidine rings is 1. The number of nitriles is 1. The van der Waals surface area contributed by atoms with Gasteiger partial charge in [-0.25, -0.2) is 9.97 Å². The van der Waals surface area contributed by atoms with Crippen molar-refractivity contribution in [2.45, 2.75) is 62.8 Å². The first-order valence-electron chi connectivity index (χ1n) is 13.2. The number of nitrogens with one attached hydrogen (secondary N) is 2. The van der Waals surface area contributed by atoms with Gasteiger partial charge >= 0.3 is 6.18 Å². The summed E-state index contributed by atoms with van der Waals surface area (Å²) in [5.74, 6) is 1.07. The van der Waals surface area contributed by atoms with E-state index in [0.29, 0.717) is 35.3 Å². The van der Waals surface area contributed by atoms with Gasteiger partial charge < -0.3 is 24.7 Å². The van der Waals surface area contributed by atoms with Crippen molar-refractivity contribution in [3.63, 3.8) is 0 Å². The number of nitrogens with zero attached hydrogens (tertiary/aromatic N) is 4. The van der Waals surface area contributed by atoms with E-state index in [-0.39, 0.29) is 18.1 Å². The number of pyridine rings is 1. The van der Waals surface area contributed by atoms with Gasteiger partial charge in [0, 0.05) is 36.8 Å². The molecule has 3 atom stereocenters. The van der Waals surface area contributed by atoms with Crippen LogP contribution in [0.1, 0.15) is 49.8 Å². The van der Waals surface area contributed by atoms with Crippen LogP contribution >= 0.6 is 0 Å². The molecule has 39 heavy (non-hydrogen) atoms. The standard InChI is InChI=1S/C28H31F3N6O2/c1-38-24-10-8-18(13-19(24)14-32)25-16-34-27(39-25)36-23-7-3-2-6-22(23)35-20-5-4-12-37(17-20)21-9-11-26(33-15-21)28(29,30)31/h8-11,13,15-16,20,22-23,35H,2-7,12,17H2,1H3,(H,34,36)/t20-,22+,23+/m0/s1. The van der Waals surface area contributed by atoms with Crippen molar-refractivity contribution in [3.8, 4) is 23.1 Å². The van der Waals surface area contributed by atoms with Crippen molar-refractivity contribution in [3.05, 3.63) is 54.0 Å². The highest BCUT2D eigenvalue weighted by atomic mass is 19.4. The molecule has 2 aliphatic rings. The van der Waals surface area contributed by atoms with E-state index in [1.54, 1.807) is 18.3 Å². The number of hydrogen-bond acceptors (Lipinski definition) is 8. The van der Waals surface area contributed by atoms with Crippen LogP contribution in [0, 0.1) is 11.3 Å². The molecule has 8 nitrogen and oxygen atoms in total. The van der Waals surface area contributed by atoms with Crippen molar-refractivity contribution >= 4 is 11.7 Å². The minimum absolute atomic E-state index is 0.124. The Morgan fingerprint density at radius 1 is 1.05 bits per heavy atom. The van der Waals surface area contributed by atoms with Crippen molar-refractivity contribution in [1.29, 1.82) is 5.26 Å². The Morgan fingerprint density at radius 2 is 1.87 bits per heavy atom. The summed E-state index contributed by atoms with van der Waals surface area (Å²) in [6.07, 6.45) is 4.66. The summed E-state index contributed by atoms with van der Waals surface area (Å²) in [4.78, 5) is 10.2. The van der Waals surface area contributed by atoms with Crippen LogP contribution in [0.4, 0.5) is 24.9 Å². The van der Waals surface area contributed by atoms with Crippen LogP contribution in [0.15, 0.2) is 47.1 Å². The zero-order chi connectivity index (χ0) is 27.4. The zero-order valence-corrected chi connectivity index (χ0v) is 21.7. The first-order valence-corrected chi connectivity index (χ1v) is 13.2. The largest absolute Gasteiger partial charge is 0.495 e. The Balaban J connectivity index is 1.22. The molecule has 0 amide bonds. The van der Waals surface area contributed by atoms with E-state index in [1.807, 2.05) is 6.07 Å². The molecule has 1 aliphatic heterocycles. The number of hydrogen-bond donors (Lipinski definition) is 2. The van der Waals surface area contributed by atoms with Gasteiger partial charge in [0.2, 0.25) is 0 Å². The van der Waals surface area contributed by atoms with E-state index in [4.69, 9.17) is 9.15 Å². The summed E-state index contributed by atoms with van der Waals surface area (Å²) in [7, 11) is 1.53. The van der Waals surface area contributed by atoms with Crippen LogP contribution in [0.2, 0.25) is 0 Å². The molecule has 1 aromatic carbocycles. The first kappa shape index (κ1) is 26.8. The first-order chi connectivity index (χ1) is 18.8. The van der Waals surface area contributed by atoms with Crippen molar-refractivity contribution in [2.75, 3.05) is 30.4 Å². The third-order valence-corrected chi connectivity index (χ3v) is 7.46. The lowest BCUT2D eigenvalue weighted by atomic mass is 9.89. The maximum absolute atomic E-state index is 12.9. The van der Waals surface area contributed by atoms with Crippen molar-refractivity contribution < 1.29 is 22.3 Å². The Morgan fingerprint density at radius 3 is 2.59 bits per heavy atom. The number of benzene rings is 1. The number of methoxy groups -OCH3 is 1. The summed E-state index contributed by atoms with van der Waals surface area (Å²) >= 11 is 0. The second kappa shape index (κ2) is 11.5. The molecule has 5 rings (SSSR count). The SMILES string of the molecule is COc1ccc(-c2cnc(N[C@@H]3CCCC[C@H]3N[C@H]3CCCN(c4ccc(C(F)(F)F)nc4)C3)o2)cc1C#N. The molecule has 2 N–H and O–H groups in total. The predicted octanol–water partition coefficient (Wildman–Crippen LogP) is 5.62. The average Bonchev–Trinajstić information content (AvgIpc) is 3.42. The van der Waals surface area contributed by atoms with Crippen molar-refractivity contribution in [2.24, 2.45) is 0 Å². The molecule has 11 heteroatoms. The van der Waals surface area contributed by atoms with E-state index in [1.165, 1.54) is 19.4 Å². The van der Waals surface area contributed by atoms with E-state index in [0.717, 1.165) is 56.7 Å². The van der Waals surface area contributed by atoms with Gasteiger partial charge in [-0.3, -0.25) is 0 Å². The summed E-state index contributed by atoms with van der Waals surface area (Å²) in [5.41, 5.74) is 0.997. The van der Waals surface area contributed by atoms with E-state index in [2.05, 4.69) is 31.6 Å². The summed E-state index contributed by atoms with van der Waals surface area (Å²) in [5, 5.41) is 16.7. The number of alkyl halides is 3. The topological polar surface area (TPSA) is 99.2 Å². The molecule has 3 heterocycles. The summed E-state index contributed by atoms with van der Waals surface area (Å²) in [6, 6.07) is 10.9. The molecule has 2 fully saturated rings. The smallest absolute Gasteiger partial charge is 0.433 e. The number of anilines is 2. The lowest BCUT2D eigenvalue weighted by Gasteiger charge is -2.40. The maximum Gasteiger partial charge on any atom is 0.433 e. The fraction of sp³-hybridized carbons (Fsp3) is 0.464. The molecule has 1 saturated carbocycles. The van der Waals surface area contributed by atoms with E-state index < -0.39 is 11.9 Å². The Bertz CT molecular complexity index is 1300. The molecule has 0 spiro atoms. The number of oxazole rings is 1. The van der Waals surface area contributed by atoms with E-state index >= 15 is 0 Å². The quantitative estimate of drug-likeness (QED) is 0.399. The average molecular weight is 541 g/mol. The van der Waals surface area contributed by atoms with Gasteiger partial charge in [-0.1, -0.05) is 12.8 Å². The predicted molar refractivity (Wildman–Crippen MR) is 140 cm³/mol. The van der Waals surface area contributed by atoms with Crippen LogP contribution in [-0.4, -0.2) is 48.3 Å². The minimum Gasteiger partial charge on any atom is -0.495 e. The molecule has 2 aromatic heterocycles. The van der Waals surface area contributed by atoms with Crippen LogP contribution < -0.4 is 20.3 Å². The van der Waals surface area contributed by atoms with Crippen LogP contribution in [0.5, 0.6) is 5.75 Å². The van der Waals surface area contributed by atoms with Crippen LogP contribution in [0.3, 0.4) is 0 Å². The highest BCUT2D eigenvalue weighted by Crippen LogP contribution is 2.31. The van der Waals surface area contributed by atoms with Gasteiger partial charge in [0.05, 0.1) is 30.8 Å². The Hall–Kier alpha value is -3.78. The Kier molecular flexibility index (Phi) is 7.93. The Labute approximate surface area is 225 Å². The fourth-order valence-electron chi connectivity index (χ4n) is 5.48. The van der Waals surface area contributed by atoms with Gasteiger partial charge in [0.15, 0.2) is 5.76 Å². The zero-order valence-electron chi connectivity index (χ0n) is 21.7. The van der Waals surface area contributed by atoms with Gasteiger partial charge in [-0.2, -0.15) is 18.4 Å². The highest BCUT2D eigenvalue weighted by Gasteiger charge is 2.33. The molecule has 1 saturated heterocycles. The minimum atomic E-state index is -4.44. The number of aromatic nitrogens is 2. The second-order valence-electron chi connectivity index (χ2n) is 10.0. The monoisotopic (exact) mass is 540 g/mol. The normalized spacial score (nSPS) is 21.8. The molecular formula is C28H31F3N6O2. The molecule has 0 bridgehead atoms. The number of ether oxygens (including phenoxy) is 1. The molecule has 0 unspecified atom stereocenters. The highest BCUT2D eigenvalue weighted by molar-refractivity contribution is 5.63. The molecule has 1 aliphatic carbocycles. The van der Waals surface area contributed by atoms with Crippen LogP contribution in [-0.2, 0) is 6.18 Å². The molecular weight excluding hydrogens is 509 g/mol. The van der Waals surface area contributed by atoms with Gasteiger partial charge in [0.1, 0.15) is 17.5 Å². The number of rotatable bonds is 7. The maximum atomic E-state index is 12.9. The lowest BCUT2D eigenvalue weighted by molar-refractivity contribution is -0.141. The van der Waals surface area contributed by atoms with Gasteiger partial charge in [0.25, 0.3) is 6.01 Å². The second-order valence-corrected chi connectivity index (χ2v) is 10.0. The summed E-state index contributed by atoms with van der Waals surface area (Å²) in [6.45, 7) is 1.49. The van der Waals surface area contributed by atoms with Gasteiger partial charge in [-0.15, -0.1) is 0 Å². The number of halogens is 3. The summed E-state index contributed by atoms with van der Waals surface area (Å²) < 4.78 is 49.9. The van der Waals surface area contributed by atoms with E-state index in [9.17, 15) is 18.4 Å².